The minimum atomic E-state index is -0.0300. The van der Waals surface area contributed by atoms with Crippen LogP contribution < -0.4 is 10.6 Å². The van der Waals surface area contributed by atoms with Gasteiger partial charge in [-0.1, -0.05) is 12.1 Å². The van der Waals surface area contributed by atoms with Crippen molar-refractivity contribution in [1.82, 2.24) is 23.2 Å². The van der Waals surface area contributed by atoms with Gasteiger partial charge in [-0.15, -0.1) is 0 Å². The van der Waals surface area contributed by atoms with Gasteiger partial charge in [-0.05, 0) is 29.7 Å². The fourth-order valence-electron chi connectivity index (χ4n) is 3.66. The molecule has 7 nitrogen and oxygen atoms in total. The van der Waals surface area contributed by atoms with Gasteiger partial charge in [0.15, 0.2) is 0 Å². The fraction of sp³-hybridized carbons (Fsp3) is 0.316. The van der Waals surface area contributed by atoms with Gasteiger partial charge in [-0.25, -0.2) is 9.78 Å². The average molecular weight is 380 g/mol. The monoisotopic (exact) mass is 380 g/mol. The minimum absolute atomic E-state index is 0.0300. The van der Waals surface area contributed by atoms with Crippen molar-refractivity contribution in [1.29, 1.82) is 0 Å². The summed E-state index contributed by atoms with van der Waals surface area (Å²) in [7, 11) is 0. The highest BCUT2D eigenvalue weighted by Crippen LogP contribution is 2.29. The summed E-state index contributed by atoms with van der Waals surface area (Å²) in [6.45, 7) is 5.44. The van der Waals surface area contributed by atoms with Crippen LogP contribution in [-0.2, 0) is 6.54 Å². The Bertz CT molecular complexity index is 1140. The molecule has 8 heteroatoms. The second-order valence-electron chi connectivity index (χ2n) is 6.78. The molecule has 0 amide bonds. The van der Waals surface area contributed by atoms with Gasteiger partial charge in [0.2, 0.25) is 0 Å². The molecular formula is C19H20N6OS. The summed E-state index contributed by atoms with van der Waals surface area (Å²) < 4.78 is 9.26. The Labute approximate surface area is 160 Å². The predicted molar refractivity (Wildman–Crippen MR) is 108 cm³/mol. The Kier molecular flexibility index (Phi) is 4.14. The van der Waals surface area contributed by atoms with Gasteiger partial charge in [0.05, 0.1) is 4.70 Å². The van der Waals surface area contributed by atoms with Crippen LogP contribution in [0.1, 0.15) is 0 Å². The van der Waals surface area contributed by atoms with Gasteiger partial charge >= 0.3 is 5.69 Å². The number of aromatic nitrogens is 4. The fourth-order valence-corrected chi connectivity index (χ4v) is 4.46. The number of anilines is 1. The number of hydrogen-bond donors (Lipinski definition) is 0. The number of hydrogen-bond acceptors (Lipinski definition) is 6. The molecule has 0 N–H and O–H groups in total. The largest absolute Gasteiger partial charge is 0.353 e. The van der Waals surface area contributed by atoms with Crippen LogP contribution in [-0.4, -0.2) is 55.9 Å². The lowest BCUT2D eigenvalue weighted by molar-refractivity contribution is 0.246. The molecule has 1 saturated heterocycles. The molecule has 3 aromatic heterocycles. The predicted octanol–water partition coefficient (Wildman–Crippen LogP) is 1.93. The summed E-state index contributed by atoms with van der Waals surface area (Å²) in [5, 5.41) is 1.25. The molecule has 27 heavy (non-hydrogen) atoms. The summed E-state index contributed by atoms with van der Waals surface area (Å²) >= 11 is 1.57. The van der Waals surface area contributed by atoms with E-state index in [1.54, 1.807) is 32.9 Å². The molecule has 5 rings (SSSR count). The van der Waals surface area contributed by atoms with E-state index in [9.17, 15) is 4.79 Å². The number of rotatable bonds is 4. The number of nitrogens with zero attached hydrogens (tertiary/aromatic N) is 6. The maximum Gasteiger partial charge on any atom is 0.333 e. The molecule has 1 aliphatic rings. The van der Waals surface area contributed by atoms with E-state index in [2.05, 4.69) is 43.4 Å². The van der Waals surface area contributed by atoms with Gasteiger partial charge in [0.25, 0.3) is 0 Å². The summed E-state index contributed by atoms with van der Waals surface area (Å²) in [6.07, 6.45) is 5.20. The maximum atomic E-state index is 12.4. The van der Waals surface area contributed by atoms with Crippen molar-refractivity contribution >= 4 is 33.1 Å². The molecule has 4 heterocycles. The van der Waals surface area contributed by atoms with E-state index in [-0.39, 0.29) is 5.69 Å². The molecule has 0 bridgehead atoms. The molecule has 0 radical (unpaired) electrons. The zero-order valence-electron chi connectivity index (χ0n) is 14.9. The van der Waals surface area contributed by atoms with Crippen molar-refractivity contribution in [3.63, 3.8) is 0 Å². The Balaban J connectivity index is 1.23. The zero-order chi connectivity index (χ0) is 18.2. The second-order valence-corrected chi connectivity index (χ2v) is 7.58. The lowest BCUT2D eigenvalue weighted by atomic mass is 10.2. The third kappa shape index (κ3) is 3.00. The first-order chi connectivity index (χ1) is 13.3. The molecule has 4 aromatic rings. The molecule has 138 valence electrons. The second kappa shape index (κ2) is 6.79. The molecule has 0 saturated carbocycles. The van der Waals surface area contributed by atoms with Crippen LogP contribution >= 0.6 is 11.5 Å². The van der Waals surface area contributed by atoms with Gasteiger partial charge in [0, 0.05) is 63.2 Å². The standard InChI is InChI=1S/C19H20N6OS/c26-19-24(7-5-17-20-6-8-25(17)19)14-11-22-9-12-23(13-10-22)18-15-3-1-2-4-16(15)27-21-18/h1-8H,9-14H2. The highest BCUT2D eigenvalue weighted by atomic mass is 32.1. The van der Waals surface area contributed by atoms with E-state index >= 15 is 0 Å². The molecule has 1 fully saturated rings. The normalized spacial score (nSPS) is 15.8. The van der Waals surface area contributed by atoms with Crippen molar-refractivity contribution < 1.29 is 0 Å². The first kappa shape index (κ1) is 16.5. The summed E-state index contributed by atoms with van der Waals surface area (Å²) in [4.78, 5) is 21.4. The number of benzene rings is 1. The first-order valence-electron chi connectivity index (χ1n) is 9.14. The van der Waals surface area contributed by atoms with E-state index in [0.29, 0.717) is 12.2 Å². The van der Waals surface area contributed by atoms with Crippen LogP contribution in [0.25, 0.3) is 15.7 Å². The summed E-state index contributed by atoms with van der Waals surface area (Å²) in [6, 6.07) is 10.3. The summed E-state index contributed by atoms with van der Waals surface area (Å²) in [5.74, 6) is 1.11. The van der Waals surface area contributed by atoms with Crippen LogP contribution in [0, 0.1) is 0 Å². The third-order valence-electron chi connectivity index (χ3n) is 5.21. The third-order valence-corrected chi connectivity index (χ3v) is 6.03. The first-order valence-corrected chi connectivity index (χ1v) is 9.91. The topological polar surface area (TPSA) is 58.7 Å². The lowest BCUT2D eigenvalue weighted by Gasteiger charge is -2.35. The minimum Gasteiger partial charge on any atom is -0.353 e. The molecule has 0 spiro atoms. The Morgan fingerprint density at radius 3 is 2.74 bits per heavy atom. The van der Waals surface area contributed by atoms with Crippen molar-refractivity contribution in [2.45, 2.75) is 6.54 Å². The van der Waals surface area contributed by atoms with E-state index in [1.165, 1.54) is 10.1 Å². The van der Waals surface area contributed by atoms with Crippen molar-refractivity contribution in [3.05, 3.63) is 59.4 Å². The van der Waals surface area contributed by atoms with Crippen LogP contribution in [0.15, 0.2) is 53.7 Å². The van der Waals surface area contributed by atoms with Crippen molar-refractivity contribution in [2.24, 2.45) is 0 Å². The van der Waals surface area contributed by atoms with Crippen LogP contribution in [0.2, 0.25) is 0 Å². The molecule has 1 aliphatic heterocycles. The van der Waals surface area contributed by atoms with Gasteiger partial charge in [-0.2, -0.15) is 4.37 Å². The van der Waals surface area contributed by atoms with Gasteiger partial charge < -0.3 is 4.90 Å². The van der Waals surface area contributed by atoms with Crippen LogP contribution in [0.3, 0.4) is 0 Å². The lowest BCUT2D eigenvalue weighted by Crippen LogP contribution is -2.47. The molecule has 1 aromatic carbocycles. The molecule has 0 atom stereocenters. The number of piperazine rings is 1. The van der Waals surface area contributed by atoms with Crippen LogP contribution in [0.5, 0.6) is 0 Å². The summed E-state index contributed by atoms with van der Waals surface area (Å²) in [5.41, 5.74) is 0.665. The smallest absolute Gasteiger partial charge is 0.333 e. The quantitative estimate of drug-likeness (QED) is 0.541. The highest BCUT2D eigenvalue weighted by Gasteiger charge is 2.20. The van der Waals surface area contributed by atoms with Crippen molar-refractivity contribution in [2.75, 3.05) is 37.6 Å². The molecular weight excluding hydrogens is 360 g/mol. The van der Waals surface area contributed by atoms with Crippen LogP contribution in [0.4, 0.5) is 5.82 Å². The Hall–Kier alpha value is -2.71. The average Bonchev–Trinajstić information content (AvgIpc) is 3.35. The number of fused-ring (bicyclic) bond motifs is 2. The Morgan fingerprint density at radius 1 is 1.00 bits per heavy atom. The van der Waals surface area contributed by atoms with E-state index in [0.717, 1.165) is 38.5 Å². The maximum absolute atomic E-state index is 12.4. The molecule has 0 aliphatic carbocycles. The Morgan fingerprint density at radius 2 is 1.85 bits per heavy atom. The SMILES string of the molecule is O=c1n(CCN2CCN(c3nsc4ccccc34)CC2)ccc2nccn12. The van der Waals surface area contributed by atoms with E-state index < -0.39 is 0 Å². The number of imidazole rings is 1. The van der Waals surface area contributed by atoms with Gasteiger partial charge in [0.1, 0.15) is 11.5 Å². The zero-order valence-corrected chi connectivity index (χ0v) is 15.7. The van der Waals surface area contributed by atoms with E-state index in [1.807, 2.05) is 12.3 Å². The van der Waals surface area contributed by atoms with E-state index in [4.69, 9.17) is 0 Å². The highest BCUT2D eigenvalue weighted by molar-refractivity contribution is 7.13. The van der Waals surface area contributed by atoms with Gasteiger partial charge in [-0.3, -0.25) is 13.9 Å². The molecule has 0 unspecified atom stereocenters. The van der Waals surface area contributed by atoms with Crippen molar-refractivity contribution in [3.8, 4) is 0 Å².